The molecule has 3 aromatic heterocycles. The minimum absolute atomic E-state index is 0.828. The summed E-state index contributed by atoms with van der Waals surface area (Å²) in [5.74, 6) is 1.68. The summed E-state index contributed by atoms with van der Waals surface area (Å²) in [6.07, 6.45) is 2.93. The summed E-state index contributed by atoms with van der Waals surface area (Å²) >= 11 is 1.68. The maximum atomic E-state index is 5.52. The normalized spacial score (nSPS) is 14.5. The Morgan fingerprint density at radius 1 is 1.36 bits per heavy atom. The van der Waals surface area contributed by atoms with Gasteiger partial charge in [-0.05, 0) is 18.4 Å². The van der Waals surface area contributed by atoms with Crippen molar-refractivity contribution in [3.05, 3.63) is 46.2 Å². The lowest BCUT2D eigenvalue weighted by Crippen LogP contribution is -2.31. The third-order valence-electron chi connectivity index (χ3n) is 4.62. The van der Waals surface area contributed by atoms with Crippen LogP contribution in [0.15, 0.2) is 23.7 Å². The van der Waals surface area contributed by atoms with Crippen LogP contribution >= 0.6 is 11.3 Å². The fourth-order valence-electron chi connectivity index (χ4n) is 3.38. The van der Waals surface area contributed by atoms with E-state index in [1.165, 1.54) is 11.3 Å². The van der Waals surface area contributed by atoms with Crippen LogP contribution in [0.2, 0.25) is 0 Å². The Kier molecular flexibility index (Phi) is 4.27. The highest BCUT2D eigenvalue weighted by Gasteiger charge is 2.22. The summed E-state index contributed by atoms with van der Waals surface area (Å²) < 4.78 is 7.32. The molecule has 0 radical (unpaired) electrons. The first kappa shape index (κ1) is 16.2. The zero-order valence-electron chi connectivity index (χ0n) is 14.7. The van der Waals surface area contributed by atoms with Crippen molar-refractivity contribution in [3.63, 3.8) is 0 Å². The highest BCUT2D eigenvalue weighted by Crippen LogP contribution is 2.27. The summed E-state index contributed by atoms with van der Waals surface area (Å²) in [4.78, 5) is 12.9. The van der Waals surface area contributed by atoms with Crippen LogP contribution in [0.3, 0.4) is 0 Å². The van der Waals surface area contributed by atoms with Crippen LogP contribution in [0.1, 0.15) is 22.5 Å². The molecule has 0 unspecified atom stereocenters. The van der Waals surface area contributed by atoms with Crippen molar-refractivity contribution >= 4 is 11.3 Å². The lowest BCUT2D eigenvalue weighted by atomic mass is 10.1. The van der Waals surface area contributed by atoms with Crippen LogP contribution in [0.5, 0.6) is 5.88 Å². The molecule has 0 N–H and O–H groups in total. The molecule has 130 valence electrons. The predicted octanol–water partition coefficient (Wildman–Crippen LogP) is 2.81. The molecule has 25 heavy (non-hydrogen) atoms. The number of ether oxygens (including phenoxy) is 1. The quantitative estimate of drug-likeness (QED) is 0.720. The van der Waals surface area contributed by atoms with Crippen molar-refractivity contribution in [2.45, 2.75) is 26.4 Å². The highest BCUT2D eigenvalue weighted by atomic mass is 32.1. The van der Waals surface area contributed by atoms with Crippen LogP contribution in [0.4, 0.5) is 0 Å². The average Bonchev–Trinajstić information content (AvgIpc) is 3.23. The van der Waals surface area contributed by atoms with Crippen LogP contribution in [0, 0.1) is 6.92 Å². The van der Waals surface area contributed by atoms with Crippen molar-refractivity contribution in [2.24, 2.45) is 7.05 Å². The van der Waals surface area contributed by atoms with Gasteiger partial charge in [0.05, 0.1) is 28.9 Å². The third kappa shape index (κ3) is 3.05. The average molecular weight is 355 g/mol. The second-order valence-electron chi connectivity index (χ2n) is 6.30. The molecule has 0 fully saturated rings. The van der Waals surface area contributed by atoms with Gasteiger partial charge in [-0.25, -0.2) is 14.6 Å². The first-order valence-corrected chi connectivity index (χ1v) is 9.21. The molecule has 0 saturated heterocycles. The Labute approximate surface area is 151 Å². The highest BCUT2D eigenvalue weighted by molar-refractivity contribution is 7.13. The zero-order valence-corrected chi connectivity index (χ0v) is 15.5. The Balaban J connectivity index is 1.54. The van der Waals surface area contributed by atoms with E-state index in [0.717, 1.165) is 53.9 Å². The van der Waals surface area contributed by atoms with Crippen molar-refractivity contribution in [2.75, 3.05) is 13.7 Å². The van der Waals surface area contributed by atoms with Crippen LogP contribution in [-0.4, -0.2) is 38.3 Å². The molecule has 4 rings (SSSR count). The van der Waals surface area contributed by atoms with Gasteiger partial charge < -0.3 is 4.74 Å². The van der Waals surface area contributed by atoms with E-state index in [0.29, 0.717) is 0 Å². The Hall–Kier alpha value is -2.25. The molecule has 6 nitrogen and oxygen atoms in total. The first-order valence-electron chi connectivity index (χ1n) is 8.33. The van der Waals surface area contributed by atoms with E-state index < -0.39 is 0 Å². The predicted molar refractivity (Wildman–Crippen MR) is 97.7 cm³/mol. The van der Waals surface area contributed by atoms with Crippen LogP contribution in [0.25, 0.3) is 10.7 Å². The molecular weight excluding hydrogens is 334 g/mol. The number of hydrogen-bond donors (Lipinski definition) is 0. The molecule has 0 bridgehead atoms. The van der Waals surface area contributed by atoms with E-state index in [-0.39, 0.29) is 0 Å². The van der Waals surface area contributed by atoms with Gasteiger partial charge in [0.15, 0.2) is 5.82 Å². The number of hydrogen-bond acceptors (Lipinski definition) is 6. The number of aryl methyl sites for hydroxylation is 2. The fourth-order valence-corrected chi connectivity index (χ4v) is 4.04. The second kappa shape index (κ2) is 6.57. The molecule has 7 heteroatoms. The van der Waals surface area contributed by atoms with Crippen molar-refractivity contribution in [3.8, 4) is 16.6 Å². The Bertz CT molecular complexity index is 887. The number of methoxy groups -OCH3 is 1. The van der Waals surface area contributed by atoms with Gasteiger partial charge in [-0.3, -0.25) is 4.90 Å². The van der Waals surface area contributed by atoms with Crippen LogP contribution < -0.4 is 4.74 Å². The first-order chi connectivity index (χ1) is 12.2. The minimum atomic E-state index is 0.828. The van der Waals surface area contributed by atoms with Gasteiger partial charge in [-0.1, -0.05) is 6.07 Å². The maximum absolute atomic E-state index is 5.52. The zero-order chi connectivity index (χ0) is 17.4. The van der Waals surface area contributed by atoms with Crippen LogP contribution in [-0.2, 0) is 26.6 Å². The van der Waals surface area contributed by atoms with Crippen molar-refractivity contribution in [1.82, 2.24) is 24.6 Å². The maximum Gasteiger partial charge on any atom is 0.216 e. The smallest absolute Gasteiger partial charge is 0.216 e. The van der Waals surface area contributed by atoms with Gasteiger partial charge in [0.2, 0.25) is 5.88 Å². The van der Waals surface area contributed by atoms with E-state index in [9.17, 15) is 0 Å². The lowest BCUT2D eigenvalue weighted by molar-refractivity contribution is 0.238. The largest absolute Gasteiger partial charge is 0.481 e. The molecule has 0 aliphatic carbocycles. The number of nitrogens with zero attached hydrogens (tertiary/aromatic N) is 5. The minimum Gasteiger partial charge on any atom is -0.481 e. The number of aromatic nitrogens is 4. The molecule has 4 heterocycles. The Morgan fingerprint density at radius 2 is 2.24 bits per heavy atom. The van der Waals surface area contributed by atoms with Crippen molar-refractivity contribution < 1.29 is 4.74 Å². The SMILES string of the molecule is COc1c(CN2CCc3nc(-c4cccs4)ncc3C2)c(C)nn1C. The number of fused-ring (bicyclic) bond motifs is 1. The molecule has 0 spiro atoms. The summed E-state index contributed by atoms with van der Waals surface area (Å²) in [6, 6.07) is 4.10. The molecule has 0 saturated carbocycles. The third-order valence-corrected chi connectivity index (χ3v) is 5.48. The number of thiophene rings is 1. The molecule has 1 aliphatic heterocycles. The standard InChI is InChI=1S/C18H21N5OS/c1-12-14(18(24-3)22(2)21-12)11-23-7-6-15-13(10-23)9-19-17(20-15)16-5-4-8-25-16/h4-5,8-9H,6-7,10-11H2,1-3H3. The van der Waals surface area contributed by atoms with E-state index in [4.69, 9.17) is 9.72 Å². The van der Waals surface area contributed by atoms with E-state index >= 15 is 0 Å². The van der Waals surface area contributed by atoms with E-state index in [1.807, 2.05) is 26.2 Å². The van der Waals surface area contributed by atoms with Gasteiger partial charge in [-0.15, -0.1) is 11.3 Å². The lowest BCUT2D eigenvalue weighted by Gasteiger charge is -2.28. The van der Waals surface area contributed by atoms with Gasteiger partial charge in [0, 0.05) is 44.9 Å². The molecule has 1 aliphatic rings. The number of rotatable bonds is 4. The van der Waals surface area contributed by atoms with E-state index in [2.05, 4.69) is 26.4 Å². The summed E-state index contributed by atoms with van der Waals surface area (Å²) in [7, 11) is 3.62. The molecule has 3 aromatic rings. The molecule has 0 aromatic carbocycles. The van der Waals surface area contributed by atoms with Gasteiger partial charge in [0.1, 0.15) is 0 Å². The topological polar surface area (TPSA) is 56.1 Å². The summed E-state index contributed by atoms with van der Waals surface area (Å²) in [5.41, 5.74) is 4.57. The summed E-state index contributed by atoms with van der Waals surface area (Å²) in [6.45, 7) is 4.70. The molecular formula is C18H21N5OS. The summed E-state index contributed by atoms with van der Waals surface area (Å²) in [5, 5.41) is 6.53. The monoisotopic (exact) mass is 355 g/mol. The second-order valence-corrected chi connectivity index (χ2v) is 7.25. The molecule has 0 amide bonds. The van der Waals surface area contributed by atoms with Gasteiger partial charge in [-0.2, -0.15) is 5.10 Å². The fraction of sp³-hybridized carbons (Fsp3) is 0.389. The molecule has 0 atom stereocenters. The van der Waals surface area contributed by atoms with Crippen molar-refractivity contribution in [1.29, 1.82) is 0 Å². The van der Waals surface area contributed by atoms with Gasteiger partial charge in [0.25, 0.3) is 0 Å². The van der Waals surface area contributed by atoms with E-state index in [1.54, 1.807) is 23.1 Å². The van der Waals surface area contributed by atoms with Gasteiger partial charge >= 0.3 is 0 Å². The Morgan fingerprint density at radius 3 is 3.00 bits per heavy atom.